The second-order valence-corrected chi connectivity index (χ2v) is 4.58. The van der Waals surface area contributed by atoms with E-state index in [1.54, 1.807) is 0 Å². The topological polar surface area (TPSA) is 24.1 Å². The van der Waals surface area contributed by atoms with Gasteiger partial charge in [-0.05, 0) is 45.1 Å². The smallest absolute Gasteiger partial charge is 0.0220 e. The van der Waals surface area contributed by atoms with Crippen LogP contribution >= 0.6 is 15.9 Å². The fourth-order valence-electron chi connectivity index (χ4n) is 1.45. The molecule has 0 aliphatic heterocycles. The molecule has 0 amide bonds. The van der Waals surface area contributed by atoms with Gasteiger partial charge in [0.15, 0.2) is 0 Å². The summed E-state index contributed by atoms with van der Waals surface area (Å²) in [7, 11) is 1.98. The highest BCUT2D eigenvalue weighted by atomic mass is 79.9. The number of hydrogen-bond acceptors (Lipinski definition) is 2. The lowest BCUT2D eigenvalue weighted by Gasteiger charge is -2.07. The molecule has 0 unspecified atom stereocenters. The second kappa shape index (κ2) is 6.99. The van der Waals surface area contributed by atoms with Crippen molar-refractivity contribution in [3.63, 3.8) is 0 Å². The van der Waals surface area contributed by atoms with Crippen molar-refractivity contribution in [1.82, 2.24) is 10.6 Å². The summed E-state index contributed by atoms with van der Waals surface area (Å²) < 4.78 is 1.19. The minimum Gasteiger partial charge on any atom is -0.320 e. The third kappa shape index (κ3) is 4.78. The number of aryl methyl sites for hydroxylation is 1. The van der Waals surface area contributed by atoms with E-state index < -0.39 is 0 Å². The van der Waals surface area contributed by atoms with Gasteiger partial charge >= 0.3 is 0 Å². The highest BCUT2D eigenvalue weighted by Crippen LogP contribution is 2.17. The summed E-state index contributed by atoms with van der Waals surface area (Å²) in [5, 5.41) is 6.57. The van der Waals surface area contributed by atoms with Crippen molar-refractivity contribution >= 4 is 15.9 Å². The molecule has 0 atom stereocenters. The van der Waals surface area contributed by atoms with E-state index in [-0.39, 0.29) is 0 Å². The molecule has 1 aromatic rings. The Morgan fingerprint density at radius 2 is 2.07 bits per heavy atom. The maximum absolute atomic E-state index is 3.56. The summed E-state index contributed by atoms with van der Waals surface area (Å²) in [4.78, 5) is 0. The zero-order valence-corrected chi connectivity index (χ0v) is 11.0. The standard InChI is InChI=1S/C12H19BrN2/c1-10-4-5-12(13)11(8-10)9-15-7-3-6-14-2/h4-5,8,14-15H,3,6-7,9H2,1-2H3. The van der Waals surface area contributed by atoms with Crippen LogP contribution in [0.1, 0.15) is 17.5 Å². The molecule has 0 bridgehead atoms. The van der Waals surface area contributed by atoms with Crippen molar-refractivity contribution in [2.24, 2.45) is 0 Å². The molecule has 2 N–H and O–H groups in total. The van der Waals surface area contributed by atoms with Crippen LogP contribution < -0.4 is 10.6 Å². The summed E-state index contributed by atoms with van der Waals surface area (Å²) in [5.74, 6) is 0. The van der Waals surface area contributed by atoms with E-state index in [0.29, 0.717) is 0 Å². The molecule has 0 radical (unpaired) electrons. The Bertz CT molecular complexity index is 300. The molecule has 84 valence electrons. The monoisotopic (exact) mass is 270 g/mol. The van der Waals surface area contributed by atoms with Crippen LogP contribution in [-0.2, 0) is 6.54 Å². The molecule has 2 nitrogen and oxygen atoms in total. The molecule has 0 aliphatic carbocycles. The summed E-state index contributed by atoms with van der Waals surface area (Å²) >= 11 is 3.56. The first kappa shape index (κ1) is 12.7. The van der Waals surface area contributed by atoms with Crippen molar-refractivity contribution in [2.45, 2.75) is 19.9 Å². The zero-order valence-electron chi connectivity index (χ0n) is 9.44. The van der Waals surface area contributed by atoms with E-state index in [9.17, 15) is 0 Å². The molecule has 0 fully saturated rings. The van der Waals surface area contributed by atoms with Gasteiger partial charge in [0.05, 0.1) is 0 Å². The van der Waals surface area contributed by atoms with E-state index in [1.165, 1.54) is 22.0 Å². The minimum atomic E-state index is 0.936. The molecule has 1 rings (SSSR count). The lowest BCUT2D eigenvalue weighted by atomic mass is 10.1. The van der Waals surface area contributed by atoms with Crippen molar-refractivity contribution in [2.75, 3.05) is 20.1 Å². The minimum absolute atomic E-state index is 0.936. The zero-order chi connectivity index (χ0) is 11.1. The van der Waals surface area contributed by atoms with Gasteiger partial charge in [0.2, 0.25) is 0 Å². The number of benzene rings is 1. The van der Waals surface area contributed by atoms with Gasteiger partial charge in [0.1, 0.15) is 0 Å². The van der Waals surface area contributed by atoms with Crippen molar-refractivity contribution in [1.29, 1.82) is 0 Å². The maximum Gasteiger partial charge on any atom is 0.0220 e. The molecule has 0 saturated heterocycles. The Hall–Kier alpha value is -0.380. The van der Waals surface area contributed by atoms with Gasteiger partial charge in [0.25, 0.3) is 0 Å². The molecule has 0 aromatic heterocycles. The Labute approximate surface area is 101 Å². The molecule has 0 spiro atoms. The van der Waals surface area contributed by atoms with Crippen LogP contribution in [0.3, 0.4) is 0 Å². The Balaban J connectivity index is 2.33. The first-order valence-electron chi connectivity index (χ1n) is 5.34. The van der Waals surface area contributed by atoms with Crippen LogP contribution in [0.5, 0.6) is 0 Å². The predicted octanol–water partition coefficient (Wildman–Crippen LogP) is 2.46. The molecule has 0 heterocycles. The third-order valence-corrected chi connectivity index (χ3v) is 3.07. The maximum atomic E-state index is 3.56. The second-order valence-electron chi connectivity index (χ2n) is 3.73. The lowest BCUT2D eigenvalue weighted by molar-refractivity contribution is 0.624. The summed E-state index contributed by atoms with van der Waals surface area (Å²) in [6, 6.07) is 6.45. The van der Waals surface area contributed by atoms with Crippen molar-refractivity contribution in [3.05, 3.63) is 33.8 Å². The summed E-state index contributed by atoms with van der Waals surface area (Å²) in [6.07, 6.45) is 1.17. The van der Waals surface area contributed by atoms with Gasteiger partial charge in [-0.2, -0.15) is 0 Å². The van der Waals surface area contributed by atoms with E-state index in [0.717, 1.165) is 19.6 Å². The largest absolute Gasteiger partial charge is 0.320 e. The average molecular weight is 271 g/mol. The first-order chi connectivity index (χ1) is 7.24. The average Bonchev–Trinajstić information content (AvgIpc) is 2.23. The molecular formula is C12H19BrN2. The molecule has 1 aromatic carbocycles. The number of nitrogens with one attached hydrogen (secondary N) is 2. The molecular weight excluding hydrogens is 252 g/mol. The Morgan fingerprint density at radius 1 is 1.27 bits per heavy atom. The van der Waals surface area contributed by atoms with E-state index in [1.807, 2.05) is 7.05 Å². The van der Waals surface area contributed by atoms with Crippen molar-refractivity contribution < 1.29 is 0 Å². The molecule has 3 heteroatoms. The summed E-state index contributed by atoms with van der Waals surface area (Å²) in [6.45, 7) is 5.19. The van der Waals surface area contributed by atoms with Crippen LogP contribution in [0.4, 0.5) is 0 Å². The van der Waals surface area contributed by atoms with Gasteiger partial charge in [-0.1, -0.05) is 33.6 Å². The molecule has 0 saturated carbocycles. The summed E-state index contributed by atoms with van der Waals surface area (Å²) in [5.41, 5.74) is 2.64. The normalized spacial score (nSPS) is 10.6. The highest BCUT2D eigenvalue weighted by molar-refractivity contribution is 9.10. The quantitative estimate of drug-likeness (QED) is 0.777. The van der Waals surface area contributed by atoms with Crippen LogP contribution in [0.15, 0.2) is 22.7 Å². The predicted molar refractivity (Wildman–Crippen MR) is 69.1 cm³/mol. The van der Waals surface area contributed by atoms with Gasteiger partial charge in [-0.3, -0.25) is 0 Å². The number of halogens is 1. The van der Waals surface area contributed by atoms with Gasteiger partial charge in [-0.25, -0.2) is 0 Å². The van der Waals surface area contributed by atoms with Gasteiger partial charge < -0.3 is 10.6 Å². The van der Waals surface area contributed by atoms with Crippen molar-refractivity contribution in [3.8, 4) is 0 Å². The van der Waals surface area contributed by atoms with Gasteiger partial charge in [-0.15, -0.1) is 0 Å². The highest BCUT2D eigenvalue weighted by Gasteiger charge is 1.98. The van der Waals surface area contributed by atoms with Crippen LogP contribution in [0.2, 0.25) is 0 Å². The fourth-order valence-corrected chi connectivity index (χ4v) is 1.84. The third-order valence-electron chi connectivity index (χ3n) is 2.30. The SMILES string of the molecule is CNCCCNCc1cc(C)ccc1Br. The van der Waals surface area contributed by atoms with E-state index in [2.05, 4.69) is 51.7 Å². The molecule has 15 heavy (non-hydrogen) atoms. The lowest BCUT2D eigenvalue weighted by Crippen LogP contribution is -2.19. The van der Waals surface area contributed by atoms with Crippen LogP contribution in [-0.4, -0.2) is 20.1 Å². The van der Waals surface area contributed by atoms with E-state index >= 15 is 0 Å². The van der Waals surface area contributed by atoms with Crippen LogP contribution in [0, 0.1) is 6.92 Å². The van der Waals surface area contributed by atoms with E-state index in [4.69, 9.17) is 0 Å². The number of rotatable bonds is 6. The first-order valence-corrected chi connectivity index (χ1v) is 6.13. The van der Waals surface area contributed by atoms with Gasteiger partial charge in [0, 0.05) is 11.0 Å². The fraction of sp³-hybridized carbons (Fsp3) is 0.500. The molecule has 0 aliphatic rings. The Morgan fingerprint density at radius 3 is 2.80 bits per heavy atom. The van der Waals surface area contributed by atoms with Crippen LogP contribution in [0.25, 0.3) is 0 Å². The Kier molecular flexibility index (Phi) is 5.91. The number of hydrogen-bond donors (Lipinski definition) is 2.